The van der Waals surface area contributed by atoms with E-state index >= 15 is 0 Å². The lowest BCUT2D eigenvalue weighted by molar-refractivity contribution is -0.384. The number of non-ortho nitro benzene ring substituents is 1. The molecule has 0 saturated carbocycles. The number of aromatic nitrogens is 1. The van der Waals surface area contributed by atoms with Crippen molar-refractivity contribution >= 4 is 11.6 Å². The summed E-state index contributed by atoms with van der Waals surface area (Å²) in [5, 5.41) is 13.6. The topological polar surface area (TPSA) is 109 Å². The zero-order valence-electron chi connectivity index (χ0n) is 12.8. The largest absolute Gasteiger partial charge is 0.350 e. The second-order valence-corrected chi connectivity index (χ2v) is 5.50. The van der Waals surface area contributed by atoms with Crippen LogP contribution in [0.2, 0.25) is 0 Å². The summed E-state index contributed by atoms with van der Waals surface area (Å²) in [7, 11) is 0. The number of nitrogens with zero attached hydrogens (tertiary/aromatic N) is 2. The highest BCUT2D eigenvalue weighted by Crippen LogP contribution is 2.26. The number of nitrogens with one attached hydrogen (secondary N) is 3. The van der Waals surface area contributed by atoms with Gasteiger partial charge in [0.15, 0.2) is 0 Å². The highest BCUT2D eigenvalue weighted by atomic mass is 16.6. The Labute approximate surface area is 138 Å². The standard InChI is InChI=1S/C16H17N5O3/c22-16(18-9-12-3-1-2-8-17-12)14-10-19-20-15(14)11-4-6-13(7-5-11)21(23)24/h1-8,14-15,19-20H,9-10H2,(H,18,22). The van der Waals surface area contributed by atoms with Crippen LogP contribution in [0.4, 0.5) is 5.69 Å². The molecular weight excluding hydrogens is 310 g/mol. The van der Waals surface area contributed by atoms with Crippen LogP contribution in [0.15, 0.2) is 48.7 Å². The van der Waals surface area contributed by atoms with Gasteiger partial charge >= 0.3 is 0 Å². The molecule has 124 valence electrons. The van der Waals surface area contributed by atoms with E-state index in [1.807, 2.05) is 18.2 Å². The molecule has 8 nitrogen and oxygen atoms in total. The Balaban J connectivity index is 1.66. The third kappa shape index (κ3) is 3.55. The van der Waals surface area contributed by atoms with Crippen LogP contribution in [0.5, 0.6) is 0 Å². The van der Waals surface area contributed by atoms with Gasteiger partial charge in [-0.2, -0.15) is 0 Å². The molecule has 1 saturated heterocycles. The predicted octanol–water partition coefficient (Wildman–Crippen LogP) is 1.07. The van der Waals surface area contributed by atoms with Gasteiger partial charge < -0.3 is 5.32 Å². The number of hydrazine groups is 1. The maximum Gasteiger partial charge on any atom is 0.269 e. The summed E-state index contributed by atoms with van der Waals surface area (Å²) in [5.74, 6) is -0.406. The molecule has 0 spiro atoms. The van der Waals surface area contributed by atoms with Crippen LogP contribution in [0.25, 0.3) is 0 Å². The highest BCUT2D eigenvalue weighted by Gasteiger charge is 2.34. The Morgan fingerprint density at radius 2 is 2.08 bits per heavy atom. The lowest BCUT2D eigenvalue weighted by Gasteiger charge is -2.18. The fourth-order valence-electron chi connectivity index (χ4n) is 2.67. The summed E-state index contributed by atoms with van der Waals surface area (Å²) in [5.41, 5.74) is 7.67. The van der Waals surface area contributed by atoms with Crippen molar-refractivity contribution in [3.8, 4) is 0 Å². The fraction of sp³-hybridized carbons (Fsp3) is 0.250. The van der Waals surface area contributed by atoms with Crippen LogP contribution < -0.4 is 16.2 Å². The van der Waals surface area contributed by atoms with Gasteiger partial charge in [-0.1, -0.05) is 18.2 Å². The van der Waals surface area contributed by atoms with Gasteiger partial charge in [0, 0.05) is 24.9 Å². The number of rotatable bonds is 5. The zero-order chi connectivity index (χ0) is 16.9. The third-order valence-electron chi connectivity index (χ3n) is 3.95. The molecule has 1 fully saturated rings. The molecule has 2 atom stereocenters. The minimum Gasteiger partial charge on any atom is -0.350 e. The van der Waals surface area contributed by atoms with Crippen LogP contribution in [0.1, 0.15) is 17.3 Å². The van der Waals surface area contributed by atoms with E-state index in [9.17, 15) is 14.9 Å². The number of carbonyl (C=O) groups excluding carboxylic acids is 1. The number of nitro benzene ring substituents is 1. The number of benzene rings is 1. The number of carbonyl (C=O) groups is 1. The molecule has 0 aliphatic carbocycles. The molecule has 0 bridgehead atoms. The minimum atomic E-state index is -0.443. The van der Waals surface area contributed by atoms with Gasteiger partial charge in [0.1, 0.15) is 0 Å². The Hall–Kier alpha value is -2.84. The first-order valence-corrected chi connectivity index (χ1v) is 7.55. The van der Waals surface area contributed by atoms with Crippen molar-refractivity contribution in [3.05, 3.63) is 70.0 Å². The molecule has 8 heteroatoms. The maximum atomic E-state index is 12.5. The van der Waals surface area contributed by atoms with Gasteiger partial charge in [-0.15, -0.1) is 0 Å². The van der Waals surface area contributed by atoms with Crippen LogP contribution in [0.3, 0.4) is 0 Å². The molecule has 2 unspecified atom stereocenters. The molecule has 1 aromatic carbocycles. The Morgan fingerprint density at radius 1 is 1.29 bits per heavy atom. The van der Waals surface area contributed by atoms with Crippen LogP contribution in [-0.4, -0.2) is 22.4 Å². The Bertz CT molecular complexity index is 720. The average Bonchev–Trinajstić information content (AvgIpc) is 3.10. The summed E-state index contributed by atoms with van der Waals surface area (Å²) < 4.78 is 0. The molecule has 1 amide bonds. The lowest BCUT2D eigenvalue weighted by Crippen LogP contribution is -2.34. The highest BCUT2D eigenvalue weighted by molar-refractivity contribution is 5.80. The van der Waals surface area contributed by atoms with E-state index in [0.717, 1.165) is 11.3 Å². The van der Waals surface area contributed by atoms with E-state index in [0.29, 0.717) is 13.1 Å². The maximum absolute atomic E-state index is 12.5. The first kappa shape index (κ1) is 16.0. The van der Waals surface area contributed by atoms with Gasteiger partial charge in [-0.3, -0.25) is 25.3 Å². The fourth-order valence-corrected chi connectivity index (χ4v) is 2.67. The van der Waals surface area contributed by atoms with E-state index in [2.05, 4.69) is 21.2 Å². The van der Waals surface area contributed by atoms with Crippen LogP contribution >= 0.6 is 0 Å². The summed E-state index contributed by atoms with van der Waals surface area (Å²) in [6.45, 7) is 0.846. The van der Waals surface area contributed by atoms with Gasteiger partial charge in [-0.25, -0.2) is 5.43 Å². The van der Waals surface area contributed by atoms with Crippen LogP contribution in [-0.2, 0) is 11.3 Å². The van der Waals surface area contributed by atoms with Crippen molar-refractivity contribution in [2.75, 3.05) is 6.54 Å². The normalized spacial score (nSPS) is 19.8. The summed E-state index contributed by atoms with van der Waals surface area (Å²) in [4.78, 5) is 26.9. The smallest absolute Gasteiger partial charge is 0.269 e. The minimum absolute atomic E-state index is 0.0286. The Morgan fingerprint density at radius 3 is 2.75 bits per heavy atom. The second kappa shape index (κ2) is 7.16. The molecule has 3 N–H and O–H groups in total. The molecule has 2 heterocycles. The van der Waals surface area contributed by atoms with E-state index in [1.165, 1.54) is 12.1 Å². The van der Waals surface area contributed by atoms with Crippen molar-refractivity contribution < 1.29 is 9.72 Å². The third-order valence-corrected chi connectivity index (χ3v) is 3.95. The molecular formula is C16H17N5O3. The number of hydrogen-bond donors (Lipinski definition) is 3. The lowest BCUT2D eigenvalue weighted by atomic mass is 9.94. The van der Waals surface area contributed by atoms with E-state index in [4.69, 9.17) is 0 Å². The Kier molecular flexibility index (Phi) is 4.78. The summed E-state index contributed by atoms with van der Waals surface area (Å²) in [6, 6.07) is 11.5. The van der Waals surface area contributed by atoms with Gasteiger partial charge in [0.25, 0.3) is 5.69 Å². The zero-order valence-corrected chi connectivity index (χ0v) is 12.8. The second-order valence-electron chi connectivity index (χ2n) is 5.50. The molecule has 0 radical (unpaired) electrons. The quantitative estimate of drug-likeness (QED) is 0.560. The predicted molar refractivity (Wildman–Crippen MR) is 86.5 cm³/mol. The van der Waals surface area contributed by atoms with Crippen molar-refractivity contribution in [1.82, 2.24) is 21.2 Å². The van der Waals surface area contributed by atoms with E-state index < -0.39 is 4.92 Å². The molecule has 3 rings (SSSR count). The number of amides is 1. The van der Waals surface area contributed by atoms with Crippen molar-refractivity contribution in [2.45, 2.75) is 12.6 Å². The molecule has 1 aliphatic rings. The first-order chi connectivity index (χ1) is 11.6. The van der Waals surface area contributed by atoms with Crippen molar-refractivity contribution in [3.63, 3.8) is 0 Å². The number of pyridine rings is 1. The molecule has 24 heavy (non-hydrogen) atoms. The van der Waals surface area contributed by atoms with Gasteiger partial charge in [-0.05, 0) is 17.7 Å². The number of hydrogen-bond acceptors (Lipinski definition) is 6. The van der Waals surface area contributed by atoms with Crippen molar-refractivity contribution in [2.24, 2.45) is 5.92 Å². The van der Waals surface area contributed by atoms with E-state index in [1.54, 1.807) is 18.3 Å². The van der Waals surface area contributed by atoms with Gasteiger partial charge in [0.2, 0.25) is 5.91 Å². The SMILES string of the molecule is O=C(NCc1ccccn1)C1CNNC1c1ccc([N+](=O)[O-])cc1. The summed E-state index contributed by atoms with van der Waals surface area (Å²) in [6.07, 6.45) is 1.68. The molecule has 1 aromatic heterocycles. The monoisotopic (exact) mass is 327 g/mol. The average molecular weight is 327 g/mol. The molecule has 2 aromatic rings. The number of nitro groups is 1. The first-order valence-electron chi connectivity index (χ1n) is 7.55. The molecule has 1 aliphatic heterocycles. The van der Waals surface area contributed by atoms with E-state index in [-0.39, 0.29) is 23.6 Å². The van der Waals surface area contributed by atoms with Crippen molar-refractivity contribution in [1.29, 1.82) is 0 Å². The van der Waals surface area contributed by atoms with Crippen LogP contribution in [0, 0.1) is 16.0 Å². The van der Waals surface area contributed by atoms with Gasteiger partial charge in [0.05, 0.1) is 29.1 Å². The summed E-state index contributed by atoms with van der Waals surface area (Å²) >= 11 is 0.